The Morgan fingerprint density at radius 3 is 2.58 bits per heavy atom. The summed E-state index contributed by atoms with van der Waals surface area (Å²) < 4.78 is 6.50. The van der Waals surface area contributed by atoms with Gasteiger partial charge in [-0.3, -0.25) is 14.4 Å². The maximum Gasteiger partial charge on any atom is 0.245 e. The molecule has 1 aromatic rings. The van der Waals surface area contributed by atoms with Gasteiger partial charge in [0.1, 0.15) is 11.6 Å². The van der Waals surface area contributed by atoms with E-state index in [-0.39, 0.29) is 29.2 Å². The van der Waals surface area contributed by atoms with Gasteiger partial charge < -0.3 is 25.4 Å². The first kappa shape index (κ1) is 27.1. The number of unbranched alkanes of at least 4 members (excludes halogenated alkanes) is 4. The van der Waals surface area contributed by atoms with E-state index in [0.29, 0.717) is 26.1 Å². The van der Waals surface area contributed by atoms with Gasteiger partial charge in [-0.1, -0.05) is 72.4 Å². The molecule has 3 N–H and O–H groups in total. The van der Waals surface area contributed by atoms with Gasteiger partial charge in [-0.05, 0) is 31.2 Å². The fourth-order valence-electron chi connectivity index (χ4n) is 6.11. The molecule has 3 amide bonds. The van der Waals surface area contributed by atoms with Gasteiger partial charge in [0.25, 0.3) is 0 Å². The van der Waals surface area contributed by atoms with Crippen molar-refractivity contribution in [3.05, 3.63) is 35.9 Å². The lowest BCUT2D eigenvalue weighted by atomic mass is 9.70. The van der Waals surface area contributed by atoms with Crippen molar-refractivity contribution >= 4 is 33.7 Å². The molecular weight excluding hydrogens is 526 g/mol. The second kappa shape index (κ2) is 12.0. The van der Waals surface area contributed by atoms with Crippen LogP contribution in [0.1, 0.15) is 57.4 Å². The Labute approximate surface area is 221 Å². The van der Waals surface area contributed by atoms with Gasteiger partial charge in [0.2, 0.25) is 17.7 Å². The Morgan fingerprint density at radius 1 is 1.11 bits per heavy atom. The highest BCUT2D eigenvalue weighted by molar-refractivity contribution is 9.09. The normalized spacial score (nSPS) is 30.5. The summed E-state index contributed by atoms with van der Waals surface area (Å²) in [4.78, 5) is 42.4. The molecule has 6 atom stereocenters. The van der Waals surface area contributed by atoms with E-state index >= 15 is 0 Å². The highest BCUT2D eigenvalue weighted by Gasteiger charge is 2.76. The molecule has 3 aliphatic rings. The highest BCUT2D eigenvalue weighted by atomic mass is 79.9. The summed E-state index contributed by atoms with van der Waals surface area (Å²) in [5.74, 6) is -1.88. The van der Waals surface area contributed by atoms with Gasteiger partial charge in [0.05, 0.1) is 17.9 Å². The largest absolute Gasteiger partial charge is 0.396 e. The molecule has 8 nitrogen and oxygen atoms in total. The zero-order valence-electron chi connectivity index (χ0n) is 21.0. The first-order valence-electron chi connectivity index (χ1n) is 13.3. The molecule has 0 aromatic heterocycles. The van der Waals surface area contributed by atoms with E-state index < -0.39 is 29.6 Å². The lowest BCUT2D eigenvalue weighted by Gasteiger charge is -2.34. The molecule has 3 fully saturated rings. The number of carbonyl (C=O) groups is 3. The smallest absolute Gasteiger partial charge is 0.245 e. The minimum atomic E-state index is -1.01. The quantitative estimate of drug-likeness (QED) is 0.252. The molecule has 3 unspecified atom stereocenters. The molecule has 0 aliphatic carbocycles. The number of ether oxygens (including phenoxy) is 1. The summed E-state index contributed by atoms with van der Waals surface area (Å²) in [5, 5.41) is 15.1. The van der Waals surface area contributed by atoms with E-state index in [1.54, 1.807) is 4.90 Å². The number of hydrogen-bond donors (Lipinski definition) is 3. The van der Waals surface area contributed by atoms with E-state index in [1.807, 2.05) is 30.3 Å². The molecule has 2 bridgehead atoms. The fraction of sp³-hybridized carbons (Fsp3) is 0.667. The number of fused-ring (bicyclic) bond motifs is 1. The molecule has 0 radical (unpaired) electrons. The van der Waals surface area contributed by atoms with Crippen LogP contribution in [0.5, 0.6) is 0 Å². The number of hydrogen-bond acceptors (Lipinski definition) is 5. The van der Waals surface area contributed by atoms with Crippen molar-refractivity contribution in [1.29, 1.82) is 0 Å². The number of carbonyl (C=O) groups excluding carboxylic acids is 3. The molecule has 198 valence electrons. The summed E-state index contributed by atoms with van der Waals surface area (Å²) >= 11 is 3.70. The molecule has 3 saturated heterocycles. The van der Waals surface area contributed by atoms with E-state index in [2.05, 4.69) is 33.5 Å². The van der Waals surface area contributed by atoms with Gasteiger partial charge in [-0.25, -0.2) is 0 Å². The second-order valence-corrected chi connectivity index (χ2v) is 11.4. The van der Waals surface area contributed by atoms with Crippen molar-refractivity contribution < 1.29 is 24.2 Å². The summed E-state index contributed by atoms with van der Waals surface area (Å²) in [6.07, 6.45) is 5.07. The van der Waals surface area contributed by atoms with Crippen LogP contribution in [0, 0.1) is 11.8 Å². The topological polar surface area (TPSA) is 108 Å². The molecular formula is C27H38BrN3O5. The van der Waals surface area contributed by atoms with Crippen molar-refractivity contribution in [3.8, 4) is 0 Å². The van der Waals surface area contributed by atoms with Crippen LogP contribution < -0.4 is 10.6 Å². The molecule has 1 aromatic carbocycles. The molecule has 9 heteroatoms. The van der Waals surface area contributed by atoms with E-state index in [1.165, 1.54) is 0 Å². The van der Waals surface area contributed by atoms with Crippen LogP contribution >= 0.6 is 15.9 Å². The average molecular weight is 565 g/mol. The number of rotatable bonds is 13. The standard InChI is InChI=1S/C27H38BrN3O5/c1-2-3-13-29-25(34)23-27-16-19(28)22(36-27)20(24(33)30-17-18-11-7-6-8-12-18)21(27)26(35)31(23)14-9-4-5-10-15-32/h6-8,11-12,19-23,32H,2-5,9-10,13-17H2,1H3,(H,29,34)(H,30,33)/t19?,20-,21+,22-,23?,27?/m1/s1. The Balaban J connectivity index is 1.55. The summed E-state index contributed by atoms with van der Waals surface area (Å²) in [7, 11) is 0. The van der Waals surface area contributed by atoms with Crippen molar-refractivity contribution in [2.45, 2.75) is 81.0 Å². The molecule has 3 heterocycles. The van der Waals surface area contributed by atoms with Crippen LogP contribution in [0.3, 0.4) is 0 Å². The van der Waals surface area contributed by atoms with Gasteiger partial charge >= 0.3 is 0 Å². The number of aliphatic hydroxyl groups is 1. The Hall–Kier alpha value is -1.97. The zero-order chi connectivity index (χ0) is 25.7. The SMILES string of the molecule is CCCCNC(=O)C1N(CCCCCCO)C(=O)[C@@H]2[C@@H](C(=O)NCc3ccccc3)[C@@H]3OC12CC3Br. The predicted molar refractivity (Wildman–Crippen MR) is 139 cm³/mol. The third kappa shape index (κ3) is 5.20. The lowest BCUT2D eigenvalue weighted by molar-refractivity contribution is -0.142. The molecule has 36 heavy (non-hydrogen) atoms. The van der Waals surface area contributed by atoms with Gasteiger partial charge in [0, 0.05) is 31.1 Å². The van der Waals surface area contributed by atoms with Crippen molar-refractivity contribution in [2.75, 3.05) is 19.7 Å². The van der Waals surface area contributed by atoms with E-state index in [9.17, 15) is 14.4 Å². The number of nitrogens with zero attached hydrogens (tertiary/aromatic N) is 1. The van der Waals surface area contributed by atoms with Crippen LogP contribution in [-0.4, -0.2) is 70.0 Å². The van der Waals surface area contributed by atoms with Crippen molar-refractivity contribution in [2.24, 2.45) is 11.8 Å². The number of amides is 3. The van der Waals surface area contributed by atoms with Crippen LogP contribution in [0.4, 0.5) is 0 Å². The monoisotopic (exact) mass is 563 g/mol. The van der Waals surface area contributed by atoms with Gasteiger partial charge in [-0.15, -0.1) is 0 Å². The van der Waals surface area contributed by atoms with Crippen molar-refractivity contribution in [3.63, 3.8) is 0 Å². The maximum absolute atomic E-state index is 13.9. The average Bonchev–Trinajstić information content (AvgIpc) is 3.46. The van der Waals surface area contributed by atoms with Gasteiger partial charge in [-0.2, -0.15) is 0 Å². The number of alkyl halides is 1. The Morgan fingerprint density at radius 2 is 1.86 bits per heavy atom. The predicted octanol–water partition coefficient (Wildman–Crippen LogP) is 2.52. The third-order valence-corrected chi connectivity index (χ3v) is 8.63. The first-order valence-corrected chi connectivity index (χ1v) is 14.2. The third-order valence-electron chi connectivity index (χ3n) is 7.79. The fourth-order valence-corrected chi connectivity index (χ4v) is 7.05. The summed E-state index contributed by atoms with van der Waals surface area (Å²) in [5.41, 5.74) is -0.0260. The summed E-state index contributed by atoms with van der Waals surface area (Å²) in [6.45, 7) is 3.58. The van der Waals surface area contributed by atoms with Crippen molar-refractivity contribution in [1.82, 2.24) is 15.5 Å². The molecule has 0 saturated carbocycles. The van der Waals surface area contributed by atoms with Crippen LogP contribution in [0.25, 0.3) is 0 Å². The Bertz CT molecular complexity index is 931. The first-order chi connectivity index (χ1) is 17.4. The maximum atomic E-state index is 13.9. The number of likely N-dealkylation sites (tertiary alicyclic amines) is 1. The molecule has 3 aliphatic heterocycles. The van der Waals surface area contributed by atoms with Crippen LogP contribution in [-0.2, 0) is 25.7 Å². The lowest BCUT2D eigenvalue weighted by Crippen LogP contribution is -2.56. The summed E-state index contributed by atoms with van der Waals surface area (Å²) in [6, 6.07) is 8.92. The minimum absolute atomic E-state index is 0.107. The highest BCUT2D eigenvalue weighted by Crippen LogP contribution is 2.60. The van der Waals surface area contributed by atoms with E-state index in [4.69, 9.17) is 9.84 Å². The van der Waals surface area contributed by atoms with Crippen LogP contribution in [0.15, 0.2) is 30.3 Å². The number of nitrogens with one attached hydrogen (secondary N) is 2. The van der Waals surface area contributed by atoms with E-state index in [0.717, 1.165) is 44.1 Å². The van der Waals surface area contributed by atoms with Crippen LogP contribution in [0.2, 0.25) is 0 Å². The second-order valence-electron chi connectivity index (χ2n) is 10.2. The molecule has 1 spiro atoms. The van der Waals surface area contributed by atoms with Gasteiger partial charge in [0.15, 0.2) is 0 Å². The molecule has 4 rings (SSSR count). The Kier molecular flexibility index (Phi) is 9.06. The zero-order valence-corrected chi connectivity index (χ0v) is 22.5. The number of benzene rings is 1. The number of aliphatic hydroxyl groups excluding tert-OH is 1. The number of halogens is 1. The minimum Gasteiger partial charge on any atom is -0.396 e.